The molecule has 0 aromatic carbocycles. The minimum absolute atomic E-state index is 0.00713. The number of amides is 1. The number of aliphatic hydroxyl groups is 2. The van der Waals surface area contributed by atoms with Gasteiger partial charge in [-0.25, -0.2) is 0 Å². The lowest BCUT2D eigenvalue weighted by Crippen LogP contribution is -2.45. The molecule has 2 atom stereocenters. The highest BCUT2D eigenvalue weighted by Crippen LogP contribution is 2.17. The van der Waals surface area contributed by atoms with Gasteiger partial charge in [0.25, 0.3) is 0 Å². The molecule has 0 spiro atoms. The molecule has 0 aliphatic carbocycles. The Hall–Kier alpha value is -1.66. The van der Waals surface area contributed by atoms with Crippen LogP contribution in [0.2, 0.25) is 0 Å². The molecule has 0 radical (unpaired) electrons. The summed E-state index contributed by atoms with van der Waals surface area (Å²) >= 11 is 0. The van der Waals surface area contributed by atoms with Gasteiger partial charge in [0, 0.05) is 12.8 Å². The van der Waals surface area contributed by atoms with E-state index in [0.29, 0.717) is 19.4 Å². The van der Waals surface area contributed by atoms with Crippen molar-refractivity contribution in [1.29, 1.82) is 0 Å². The number of esters is 1. The van der Waals surface area contributed by atoms with Crippen LogP contribution in [0.15, 0.2) is 24.3 Å². The normalized spacial score (nSPS) is 12.7. The number of hydrogen-bond acceptors (Lipinski definition) is 5. The van der Waals surface area contributed by atoms with Crippen LogP contribution in [-0.2, 0) is 14.3 Å². The molecule has 0 bridgehead atoms. The molecular weight excluding hydrogens is 851 g/mol. The van der Waals surface area contributed by atoms with Crippen molar-refractivity contribution in [2.75, 3.05) is 13.2 Å². The van der Waals surface area contributed by atoms with Gasteiger partial charge in [0.15, 0.2) is 0 Å². The Balaban J connectivity index is 3.46. The van der Waals surface area contributed by atoms with E-state index < -0.39 is 12.1 Å². The Morgan fingerprint density at radius 2 is 0.681 bits per heavy atom. The molecule has 6 nitrogen and oxygen atoms in total. The number of carbonyl (C=O) groups is 2. The molecule has 0 rings (SSSR count). The summed E-state index contributed by atoms with van der Waals surface area (Å²) in [6, 6.07) is -0.635. The van der Waals surface area contributed by atoms with E-state index in [1.807, 2.05) is 6.08 Å². The van der Waals surface area contributed by atoms with E-state index in [1.165, 1.54) is 263 Å². The zero-order valence-electron chi connectivity index (χ0n) is 46.6. The molecular formula is C63H121NO5. The predicted octanol–water partition coefficient (Wildman–Crippen LogP) is 19.4. The predicted molar refractivity (Wildman–Crippen MR) is 301 cm³/mol. The summed E-state index contributed by atoms with van der Waals surface area (Å²) in [5.74, 6) is -0.0807. The molecule has 0 aliphatic heterocycles. The van der Waals surface area contributed by atoms with Gasteiger partial charge in [-0.1, -0.05) is 295 Å². The first-order valence-electron chi connectivity index (χ1n) is 31.1. The highest BCUT2D eigenvalue weighted by atomic mass is 16.5. The molecule has 0 aliphatic rings. The molecule has 0 aromatic heterocycles. The molecule has 0 aromatic rings. The van der Waals surface area contributed by atoms with Crippen molar-refractivity contribution in [2.24, 2.45) is 0 Å². The van der Waals surface area contributed by atoms with Gasteiger partial charge in [0.1, 0.15) is 0 Å². The summed E-state index contributed by atoms with van der Waals surface area (Å²) in [4.78, 5) is 24.6. The largest absolute Gasteiger partial charge is 0.466 e. The first kappa shape index (κ1) is 67.3. The van der Waals surface area contributed by atoms with E-state index in [-0.39, 0.29) is 18.5 Å². The van der Waals surface area contributed by atoms with E-state index >= 15 is 0 Å². The zero-order chi connectivity index (χ0) is 50.0. The maximum atomic E-state index is 12.5. The van der Waals surface area contributed by atoms with Crippen LogP contribution in [0, 0.1) is 0 Å². The Morgan fingerprint density at radius 1 is 0.391 bits per heavy atom. The number of allylic oxidation sites excluding steroid dienone is 3. The topological polar surface area (TPSA) is 95.9 Å². The number of ether oxygens (including phenoxy) is 1. The first-order chi connectivity index (χ1) is 34.0. The molecule has 0 saturated carbocycles. The molecule has 3 N–H and O–H groups in total. The third kappa shape index (κ3) is 55.5. The van der Waals surface area contributed by atoms with Crippen LogP contribution < -0.4 is 5.32 Å². The number of carbonyl (C=O) groups excluding carboxylic acids is 2. The molecule has 1 amide bonds. The summed E-state index contributed by atoms with van der Waals surface area (Å²) in [5.41, 5.74) is 0. The third-order valence-corrected chi connectivity index (χ3v) is 14.5. The van der Waals surface area contributed by atoms with E-state index in [2.05, 4.69) is 31.3 Å². The van der Waals surface area contributed by atoms with Gasteiger partial charge in [-0.05, 0) is 57.8 Å². The number of nitrogens with one attached hydrogen (secondary N) is 1. The monoisotopic (exact) mass is 972 g/mol. The van der Waals surface area contributed by atoms with E-state index in [9.17, 15) is 19.8 Å². The van der Waals surface area contributed by atoms with E-state index in [0.717, 1.165) is 51.4 Å². The Morgan fingerprint density at radius 3 is 1.03 bits per heavy atom. The van der Waals surface area contributed by atoms with Crippen LogP contribution in [0.3, 0.4) is 0 Å². The number of aliphatic hydroxyl groups excluding tert-OH is 2. The lowest BCUT2D eigenvalue weighted by Gasteiger charge is -2.20. The first-order valence-corrected chi connectivity index (χ1v) is 31.1. The second kappa shape index (κ2) is 58.9. The Bertz CT molecular complexity index is 1080. The van der Waals surface area contributed by atoms with Crippen molar-refractivity contribution in [3.8, 4) is 0 Å². The summed E-state index contributed by atoms with van der Waals surface area (Å²) in [5, 5.41) is 23.2. The fourth-order valence-electron chi connectivity index (χ4n) is 9.69. The van der Waals surface area contributed by atoms with Gasteiger partial charge in [0.05, 0.1) is 25.4 Å². The van der Waals surface area contributed by atoms with Crippen molar-refractivity contribution in [3.63, 3.8) is 0 Å². The molecule has 0 saturated heterocycles. The fraction of sp³-hybridized carbons (Fsp3) is 0.905. The molecule has 6 heteroatoms. The highest BCUT2D eigenvalue weighted by Gasteiger charge is 2.18. The van der Waals surface area contributed by atoms with Gasteiger partial charge in [0.2, 0.25) is 5.91 Å². The van der Waals surface area contributed by atoms with Gasteiger partial charge in [-0.15, -0.1) is 0 Å². The van der Waals surface area contributed by atoms with Crippen molar-refractivity contribution in [2.45, 2.75) is 353 Å². The summed E-state index contributed by atoms with van der Waals surface area (Å²) < 4.78 is 5.48. The third-order valence-electron chi connectivity index (χ3n) is 14.5. The zero-order valence-corrected chi connectivity index (χ0v) is 46.6. The van der Waals surface area contributed by atoms with Crippen LogP contribution in [-0.4, -0.2) is 47.4 Å². The van der Waals surface area contributed by atoms with Gasteiger partial charge in [-0.3, -0.25) is 9.59 Å². The summed E-state index contributed by atoms with van der Waals surface area (Å²) in [7, 11) is 0. The van der Waals surface area contributed by atoms with Crippen molar-refractivity contribution in [1.82, 2.24) is 5.32 Å². The molecule has 69 heavy (non-hydrogen) atoms. The average molecular weight is 973 g/mol. The maximum Gasteiger partial charge on any atom is 0.305 e. The lowest BCUT2D eigenvalue weighted by atomic mass is 10.0. The second-order valence-corrected chi connectivity index (χ2v) is 21.4. The molecule has 408 valence electrons. The van der Waals surface area contributed by atoms with Crippen molar-refractivity contribution < 1.29 is 24.5 Å². The van der Waals surface area contributed by atoms with Crippen LogP contribution in [0.5, 0.6) is 0 Å². The number of rotatable bonds is 58. The number of unbranched alkanes of at least 4 members (excludes halogenated alkanes) is 45. The summed E-state index contributed by atoms with van der Waals surface area (Å²) in [6.07, 6.45) is 72.1. The Labute approximate surface area is 431 Å². The molecule has 0 fully saturated rings. The Kier molecular flexibility index (Phi) is 57.5. The van der Waals surface area contributed by atoms with Crippen LogP contribution in [0.4, 0.5) is 0 Å². The summed E-state index contributed by atoms with van der Waals surface area (Å²) in [6.45, 7) is 4.90. The van der Waals surface area contributed by atoms with Crippen molar-refractivity contribution in [3.05, 3.63) is 24.3 Å². The van der Waals surface area contributed by atoms with Crippen LogP contribution in [0.1, 0.15) is 341 Å². The second-order valence-electron chi connectivity index (χ2n) is 21.4. The van der Waals surface area contributed by atoms with Gasteiger partial charge >= 0.3 is 5.97 Å². The number of hydrogen-bond donors (Lipinski definition) is 3. The molecule has 0 heterocycles. The smallest absolute Gasteiger partial charge is 0.305 e. The standard InChI is InChI=1S/C63H121NO5/c1-3-5-7-9-11-13-15-17-19-21-22-23-24-25-27-31-35-39-43-47-51-55-61(66)60(59-65)64-62(67)56-52-48-44-40-36-32-28-26-30-34-38-42-46-50-54-58-69-63(68)57-53-49-45-41-37-33-29-20-18-16-14-12-10-8-6-4-2/h20,29,51,55,60-61,65-66H,3-19,21-28,30-50,52-54,56-59H2,1-2H3,(H,64,67)/b29-20-,55-51+. The molecule has 2 unspecified atom stereocenters. The minimum atomic E-state index is -0.851. The van der Waals surface area contributed by atoms with Crippen molar-refractivity contribution >= 4 is 11.9 Å². The van der Waals surface area contributed by atoms with E-state index in [1.54, 1.807) is 6.08 Å². The minimum Gasteiger partial charge on any atom is -0.466 e. The van der Waals surface area contributed by atoms with Gasteiger partial charge < -0.3 is 20.3 Å². The quantitative estimate of drug-likeness (QED) is 0.0321. The van der Waals surface area contributed by atoms with Crippen LogP contribution in [0.25, 0.3) is 0 Å². The van der Waals surface area contributed by atoms with E-state index in [4.69, 9.17) is 4.74 Å². The van der Waals surface area contributed by atoms with Crippen LogP contribution >= 0.6 is 0 Å². The van der Waals surface area contributed by atoms with Gasteiger partial charge in [-0.2, -0.15) is 0 Å². The average Bonchev–Trinajstić information content (AvgIpc) is 3.35. The maximum absolute atomic E-state index is 12.5. The lowest BCUT2D eigenvalue weighted by molar-refractivity contribution is -0.143. The SMILES string of the molecule is CCCCCCCCC/C=C\CCCCCCCC(=O)OCCCCCCCCCCCCCCCCCC(=O)NC(CO)C(O)/C=C/CCCCCCCCCCCCCCCCCCCCC. The highest BCUT2D eigenvalue weighted by molar-refractivity contribution is 5.76. The fourth-order valence-corrected chi connectivity index (χ4v) is 9.69.